The largest absolute Gasteiger partial charge is 0.472 e. The molecule has 2 aromatic carbocycles. The summed E-state index contributed by atoms with van der Waals surface area (Å²) in [6.45, 7) is 21.6. The van der Waals surface area contributed by atoms with Gasteiger partial charge in [0.05, 0.1) is 40.4 Å². The van der Waals surface area contributed by atoms with Crippen LogP contribution in [0.15, 0.2) is 30.3 Å². The highest BCUT2D eigenvalue weighted by Gasteiger charge is 2.53. The van der Waals surface area contributed by atoms with Gasteiger partial charge in [0, 0.05) is 30.3 Å². The molecule has 2 fully saturated rings. The van der Waals surface area contributed by atoms with E-state index < -0.39 is 31.7 Å². The molecule has 4 unspecified atom stereocenters. The van der Waals surface area contributed by atoms with Crippen LogP contribution in [-0.4, -0.2) is 89.5 Å². The van der Waals surface area contributed by atoms with Gasteiger partial charge >= 0.3 is 6.09 Å². The number of ether oxygens (including phenoxy) is 3. The van der Waals surface area contributed by atoms with Crippen molar-refractivity contribution in [1.29, 1.82) is 0 Å². The highest BCUT2D eigenvalue weighted by Crippen LogP contribution is 2.48. The van der Waals surface area contributed by atoms with Crippen LogP contribution >= 0.6 is 0 Å². The number of aryl methyl sites for hydroxylation is 2. The number of pyridine rings is 2. The molecule has 2 aromatic heterocycles. The average Bonchev–Trinajstić information content (AvgIpc) is 3.40. The number of piperazine rings is 1. The van der Waals surface area contributed by atoms with Crippen molar-refractivity contribution in [2.45, 2.75) is 141 Å². The van der Waals surface area contributed by atoms with E-state index in [4.69, 9.17) is 24.2 Å². The van der Waals surface area contributed by atoms with Crippen molar-refractivity contribution < 1.29 is 33.6 Å². The van der Waals surface area contributed by atoms with Crippen molar-refractivity contribution >= 4 is 41.5 Å². The number of hydrogen-bond acceptors (Lipinski definition) is 8. The SMILES string of the molecule is COCOc1cc(-c2cc3c(C)c(CCC(C)(C)O)nc4c3c(n2)OC(C)C2C3CCC(CN42)N3C(=O)O)c2c(C#C[Si](C(C)C)(C(C)C)C(C)C)c(F)ccc2c1. The lowest BCUT2D eigenvalue weighted by atomic mass is 9.93. The molecule has 5 heterocycles. The van der Waals surface area contributed by atoms with Crippen LogP contribution in [0, 0.1) is 24.2 Å². The van der Waals surface area contributed by atoms with Gasteiger partial charge in [-0.2, -0.15) is 0 Å². The van der Waals surface area contributed by atoms with E-state index in [1.807, 2.05) is 32.0 Å². The van der Waals surface area contributed by atoms with E-state index in [9.17, 15) is 15.0 Å². The third-order valence-electron chi connectivity index (χ3n) is 13.2. The Bertz CT molecular complexity index is 2290. The molecule has 3 aliphatic rings. The van der Waals surface area contributed by atoms with Crippen molar-refractivity contribution in [1.82, 2.24) is 14.9 Å². The molecule has 7 rings (SSSR count). The first kappa shape index (κ1) is 41.7. The number of aliphatic hydroxyl groups is 1. The molecule has 0 aliphatic carbocycles. The molecule has 4 atom stereocenters. The van der Waals surface area contributed by atoms with Gasteiger partial charge in [0.25, 0.3) is 0 Å². The van der Waals surface area contributed by atoms with Crippen LogP contribution in [0.5, 0.6) is 11.6 Å². The topological polar surface area (TPSA) is 117 Å². The molecule has 2 saturated heterocycles. The van der Waals surface area contributed by atoms with Crippen molar-refractivity contribution in [3.8, 4) is 34.4 Å². The molecule has 12 heteroatoms. The number of fused-ring (bicyclic) bond motifs is 6. The van der Waals surface area contributed by atoms with E-state index in [-0.39, 0.29) is 24.9 Å². The summed E-state index contributed by atoms with van der Waals surface area (Å²) in [4.78, 5) is 27.1. The summed E-state index contributed by atoms with van der Waals surface area (Å²) in [5.41, 5.74) is 7.21. The summed E-state index contributed by atoms with van der Waals surface area (Å²) in [7, 11) is -0.687. The number of anilines is 1. The first-order chi connectivity index (χ1) is 27.4. The molecular weight excluding hydrogens is 752 g/mol. The number of carboxylic acid groups (broad SMARTS) is 1. The van der Waals surface area contributed by atoms with Crippen LogP contribution in [0.25, 0.3) is 32.8 Å². The Morgan fingerprint density at radius 2 is 1.78 bits per heavy atom. The van der Waals surface area contributed by atoms with Crippen LogP contribution in [0.1, 0.15) is 98.4 Å². The maximum absolute atomic E-state index is 16.4. The molecule has 2 bridgehead atoms. The monoisotopic (exact) mass is 810 g/mol. The smallest absolute Gasteiger partial charge is 0.407 e. The van der Waals surface area contributed by atoms with Crippen molar-refractivity contribution in [2.75, 3.05) is 25.3 Å². The average molecular weight is 811 g/mol. The molecule has 0 spiro atoms. The maximum atomic E-state index is 16.4. The Balaban J connectivity index is 1.52. The Labute approximate surface area is 343 Å². The summed E-state index contributed by atoms with van der Waals surface area (Å²) in [5, 5.41) is 24.2. The lowest BCUT2D eigenvalue weighted by molar-refractivity contribution is 0.0512. The van der Waals surface area contributed by atoms with Crippen LogP contribution in [0.3, 0.4) is 0 Å². The zero-order valence-corrected chi connectivity index (χ0v) is 36.9. The second-order valence-corrected chi connectivity index (χ2v) is 23.8. The van der Waals surface area contributed by atoms with E-state index in [0.717, 1.165) is 40.3 Å². The minimum atomic E-state index is -2.25. The number of hydrogen-bond donors (Lipinski definition) is 2. The summed E-state index contributed by atoms with van der Waals surface area (Å²) < 4.78 is 34.6. The Hall–Kier alpha value is -4.44. The number of nitrogens with zero attached hydrogens (tertiary/aromatic N) is 4. The number of rotatable bonds is 10. The predicted molar refractivity (Wildman–Crippen MR) is 230 cm³/mol. The number of carbonyl (C=O) groups is 1. The fraction of sp³-hybridized carbons (Fsp3) is 0.543. The molecule has 310 valence electrons. The number of methoxy groups -OCH3 is 1. The molecular formula is C46H59FN4O6Si. The van der Waals surface area contributed by atoms with Crippen LogP contribution in [0.2, 0.25) is 16.6 Å². The molecule has 0 saturated carbocycles. The molecule has 58 heavy (non-hydrogen) atoms. The Morgan fingerprint density at radius 1 is 1.07 bits per heavy atom. The molecule has 1 amide bonds. The third-order valence-corrected chi connectivity index (χ3v) is 19.5. The van der Waals surface area contributed by atoms with Gasteiger partial charge in [-0.1, -0.05) is 53.5 Å². The van der Waals surface area contributed by atoms with Gasteiger partial charge in [-0.25, -0.2) is 19.2 Å². The van der Waals surface area contributed by atoms with Gasteiger partial charge in [-0.15, -0.1) is 5.54 Å². The summed E-state index contributed by atoms with van der Waals surface area (Å²) in [6.07, 6.45) is 1.15. The number of aromatic nitrogens is 2. The van der Waals surface area contributed by atoms with Crippen LogP contribution < -0.4 is 14.4 Å². The van der Waals surface area contributed by atoms with Crippen LogP contribution in [-0.2, 0) is 11.2 Å². The third kappa shape index (κ3) is 7.17. The summed E-state index contributed by atoms with van der Waals surface area (Å²) in [6, 6.07) is 8.29. The zero-order valence-electron chi connectivity index (χ0n) is 35.9. The molecule has 10 nitrogen and oxygen atoms in total. The quantitative estimate of drug-likeness (QED) is 0.0918. The van der Waals surface area contributed by atoms with Gasteiger partial charge in [0.1, 0.15) is 31.6 Å². The number of halogens is 1. The zero-order chi connectivity index (χ0) is 42.0. The van der Waals surface area contributed by atoms with Crippen molar-refractivity contribution in [3.63, 3.8) is 0 Å². The van der Waals surface area contributed by atoms with E-state index >= 15 is 4.39 Å². The molecule has 3 aliphatic heterocycles. The standard InChI is InChI=1S/C46H59FN4O6Si/c1-25(2)58(26(3)4,27(5)6)19-17-33-36(47)14-12-30-20-32(56-24-55-11)21-35(40(30)33)38-22-34-28(7)37(16-18-46(9,10)54)48-43-41(34)44(49-38)57-29(8)42-39-15-13-31(23-50(42)43)51(39)45(52)53/h12,14,20-22,25-27,29,31,39,42,54H,13,15-16,18,23-24H2,1-11H3,(H,52,53). The van der Waals surface area contributed by atoms with Crippen LogP contribution in [0.4, 0.5) is 15.0 Å². The minimum Gasteiger partial charge on any atom is -0.472 e. The first-order valence-electron chi connectivity index (χ1n) is 20.8. The lowest BCUT2D eigenvalue weighted by Gasteiger charge is -2.47. The fourth-order valence-corrected chi connectivity index (χ4v) is 15.6. The highest BCUT2D eigenvalue weighted by molar-refractivity contribution is 6.90. The Morgan fingerprint density at radius 3 is 2.41 bits per heavy atom. The van der Waals surface area contributed by atoms with Gasteiger partial charge in [-0.05, 0) is 111 Å². The number of amides is 1. The van der Waals surface area contributed by atoms with Gasteiger partial charge in [0.2, 0.25) is 5.88 Å². The summed E-state index contributed by atoms with van der Waals surface area (Å²) >= 11 is 0. The first-order valence-corrected chi connectivity index (χ1v) is 23.0. The van der Waals surface area contributed by atoms with Crippen molar-refractivity contribution in [3.05, 3.63) is 53.0 Å². The fourth-order valence-electron chi connectivity index (χ4n) is 10.4. The lowest BCUT2D eigenvalue weighted by Crippen LogP contribution is -2.64. The van der Waals surface area contributed by atoms with E-state index in [1.165, 1.54) is 6.07 Å². The minimum absolute atomic E-state index is 0.0204. The van der Waals surface area contributed by atoms with E-state index in [0.29, 0.717) is 75.7 Å². The maximum Gasteiger partial charge on any atom is 0.407 e. The van der Waals surface area contributed by atoms with Gasteiger partial charge in [0.15, 0.2) is 6.79 Å². The normalized spacial score (nSPS) is 20.4. The molecule has 0 radical (unpaired) electrons. The number of benzene rings is 2. The molecule has 2 N–H and O–H groups in total. The highest BCUT2D eigenvalue weighted by atomic mass is 28.3. The Kier molecular flexibility index (Phi) is 11.2. The van der Waals surface area contributed by atoms with E-state index in [2.05, 4.69) is 57.9 Å². The predicted octanol–water partition coefficient (Wildman–Crippen LogP) is 9.63. The van der Waals surface area contributed by atoms with Crippen molar-refractivity contribution in [2.24, 2.45) is 0 Å². The second-order valence-electron chi connectivity index (χ2n) is 18.2. The van der Waals surface area contributed by atoms with Gasteiger partial charge < -0.3 is 29.3 Å². The van der Waals surface area contributed by atoms with E-state index in [1.54, 1.807) is 31.9 Å². The second kappa shape index (κ2) is 15.6. The van der Waals surface area contributed by atoms with Gasteiger partial charge in [-0.3, -0.25) is 4.90 Å². The molecule has 4 aromatic rings. The summed E-state index contributed by atoms with van der Waals surface area (Å²) in [5.74, 6) is 4.69.